The summed E-state index contributed by atoms with van der Waals surface area (Å²) in [6.07, 6.45) is 2.82. The van der Waals surface area contributed by atoms with E-state index in [0.717, 1.165) is 29.3 Å². The lowest BCUT2D eigenvalue weighted by Gasteiger charge is -2.05. The molecule has 0 atom stereocenters. The van der Waals surface area contributed by atoms with Gasteiger partial charge < -0.3 is 9.30 Å². The molecule has 0 saturated carbocycles. The van der Waals surface area contributed by atoms with Gasteiger partial charge in [-0.25, -0.2) is 9.78 Å². The Morgan fingerprint density at radius 1 is 1.19 bits per heavy atom. The topological polar surface area (TPSA) is 44.1 Å². The third kappa shape index (κ3) is 2.27. The zero-order chi connectivity index (χ0) is 14.8. The first kappa shape index (κ1) is 13.6. The van der Waals surface area contributed by atoms with Gasteiger partial charge in [0.2, 0.25) is 0 Å². The Morgan fingerprint density at radius 2 is 2.00 bits per heavy atom. The Labute approximate surface area is 123 Å². The van der Waals surface area contributed by atoms with E-state index in [-0.39, 0.29) is 5.97 Å². The number of esters is 1. The quantitative estimate of drug-likeness (QED) is 0.684. The van der Waals surface area contributed by atoms with Gasteiger partial charge in [-0.05, 0) is 25.5 Å². The largest absolute Gasteiger partial charge is 0.461 e. The number of rotatable bonds is 4. The Balaban J connectivity index is 2.25. The third-order valence-electron chi connectivity index (χ3n) is 3.59. The van der Waals surface area contributed by atoms with Crippen molar-refractivity contribution >= 4 is 27.8 Å². The predicted molar refractivity (Wildman–Crippen MR) is 83.5 cm³/mol. The van der Waals surface area contributed by atoms with Gasteiger partial charge in [0.1, 0.15) is 5.69 Å². The molecule has 3 rings (SSSR count). The van der Waals surface area contributed by atoms with Crippen LogP contribution < -0.4 is 0 Å². The fraction of sp³-hybridized carbons (Fsp3) is 0.294. The molecule has 0 amide bonds. The second kappa shape index (κ2) is 5.56. The number of aryl methyl sites for hydroxylation is 1. The zero-order valence-corrected chi connectivity index (χ0v) is 12.3. The Bertz CT molecular complexity index is 805. The summed E-state index contributed by atoms with van der Waals surface area (Å²) in [7, 11) is 0. The Kier molecular flexibility index (Phi) is 3.60. The van der Waals surface area contributed by atoms with E-state index in [1.807, 2.05) is 18.2 Å². The molecule has 0 spiro atoms. The summed E-state index contributed by atoms with van der Waals surface area (Å²) in [6.45, 7) is 5.24. The van der Waals surface area contributed by atoms with E-state index < -0.39 is 0 Å². The van der Waals surface area contributed by atoms with Crippen LogP contribution in [0.3, 0.4) is 0 Å². The van der Waals surface area contributed by atoms with Crippen LogP contribution in [0.15, 0.2) is 36.5 Å². The highest BCUT2D eigenvalue weighted by molar-refractivity contribution is 6.09. The molecule has 0 radical (unpaired) electrons. The van der Waals surface area contributed by atoms with Crippen molar-refractivity contribution in [2.45, 2.75) is 26.8 Å². The number of hydrogen-bond acceptors (Lipinski definition) is 3. The summed E-state index contributed by atoms with van der Waals surface area (Å²) in [5, 5.41) is 2.20. The number of pyridine rings is 1. The highest BCUT2D eigenvalue weighted by Gasteiger charge is 2.14. The Morgan fingerprint density at radius 3 is 2.76 bits per heavy atom. The number of hydrogen-bond donors (Lipinski definition) is 0. The summed E-state index contributed by atoms with van der Waals surface area (Å²) in [6, 6.07) is 10.1. The van der Waals surface area contributed by atoms with Crippen LogP contribution in [0.4, 0.5) is 0 Å². The van der Waals surface area contributed by atoms with Crippen molar-refractivity contribution in [1.29, 1.82) is 0 Å². The third-order valence-corrected chi connectivity index (χ3v) is 3.59. The number of nitrogens with zero attached hydrogens (tertiary/aromatic N) is 2. The number of ether oxygens (including phenoxy) is 1. The van der Waals surface area contributed by atoms with E-state index >= 15 is 0 Å². The molecular weight excluding hydrogens is 264 g/mol. The highest BCUT2D eigenvalue weighted by atomic mass is 16.5. The van der Waals surface area contributed by atoms with Crippen LogP contribution in [0.2, 0.25) is 0 Å². The van der Waals surface area contributed by atoms with E-state index in [2.05, 4.69) is 28.6 Å². The van der Waals surface area contributed by atoms with Gasteiger partial charge in [0.25, 0.3) is 0 Å². The van der Waals surface area contributed by atoms with Gasteiger partial charge in [0, 0.05) is 22.8 Å². The lowest BCUT2D eigenvalue weighted by Crippen LogP contribution is -2.07. The number of carbonyl (C=O) groups is 1. The molecule has 1 aromatic carbocycles. The summed E-state index contributed by atoms with van der Waals surface area (Å²) in [4.78, 5) is 16.1. The second-order valence-corrected chi connectivity index (χ2v) is 4.98. The first-order valence-electron chi connectivity index (χ1n) is 7.30. The minimum atomic E-state index is -0.369. The van der Waals surface area contributed by atoms with Crippen molar-refractivity contribution in [1.82, 2.24) is 9.55 Å². The van der Waals surface area contributed by atoms with Crippen LogP contribution >= 0.6 is 0 Å². The van der Waals surface area contributed by atoms with Gasteiger partial charge in [-0.2, -0.15) is 0 Å². The summed E-state index contributed by atoms with van der Waals surface area (Å²) >= 11 is 0. The first-order chi connectivity index (χ1) is 10.3. The maximum absolute atomic E-state index is 11.9. The molecule has 21 heavy (non-hydrogen) atoms. The summed E-state index contributed by atoms with van der Waals surface area (Å²) in [5.41, 5.74) is 2.60. The summed E-state index contributed by atoms with van der Waals surface area (Å²) in [5.74, 6) is -0.369. The monoisotopic (exact) mass is 282 g/mol. The molecule has 0 aliphatic rings. The minimum Gasteiger partial charge on any atom is -0.461 e. The van der Waals surface area contributed by atoms with E-state index in [9.17, 15) is 4.79 Å². The molecule has 4 nitrogen and oxygen atoms in total. The van der Waals surface area contributed by atoms with Crippen LogP contribution in [-0.4, -0.2) is 22.1 Å². The number of para-hydroxylation sites is 1. The molecule has 0 unspecified atom stereocenters. The van der Waals surface area contributed by atoms with E-state index in [4.69, 9.17) is 4.74 Å². The standard InChI is InChI=1S/C17H18N2O2/c1-3-9-19-15-8-6-5-7-12(15)13-10-14(17(20)21-4-2)18-11-16(13)19/h5-8,10-11H,3-4,9H2,1-2H3. The highest BCUT2D eigenvalue weighted by Crippen LogP contribution is 2.29. The van der Waals surface area contributed by atoms with Crippen molar-refractivity contribution in [2.75, 3.05) is 6.61 Å². The maximum Gasteiger partial charge on any atom is 0.356 e. The van der Waals surface area contributed by atoms with E-state index in [1.165, 1.54) is 5.52 Å². The maximum atomic E-state index is 11.9. The van der Waals surface area contributed by atoms with Crippen molar-refractivity contribution in [2.24, 2.45) is 0 Å². The molecule has 3 aromatic rings. The molecule has 0 N–H and O–H groups in total. The second-order valence-electron chi connectivity index (χ2n) is 4.98. The Hall–Kier alpha value is -2.36. The van der Waals surface area contributed by atoms with Crippen molar-refractivity contribution in [3.8, 4) is 0 Å². The molecule has 0 bridgehead atoms. The average Bonchev–Trinajstić information content (AvgIpc) is 2.82. The number of benzene rings is 1. The average molecular weight is 282 g/mol. The number of fused-ring (bicyclic) bond motifs is 3. The molecule has 108 valence electrons. The van der Waals surface area contributed by atoms with Crippen LogP contribution in [0.1, 0.15) is 30.8 Å². The molecule has 0 saturated heterocycles. The van der Waals surface area contributed by atoms with E-state index in [1.54, 1.807) is 13.1 Å². The van der Waals surface area contributed by atoms with Gasteiger partial charge >= 0.3 is 5.97 Å². The van der Waals surface area contributed by atoms with Crippen LogP contribution in [0.25, 0.3) is 21.8 Å². The minimum absolute atomic E-state index is 0.357. The SMILES string of the molecule is CCCn1c2ccccc2c2cc(C(=O)OCC)ncc21. The molecule has 0 aliphatic carbocycles. The molecule has 0 fully saturated rings. The normalized spacial score (nSPS) is 11.1. The fourth-order valence-corrected chi connectivity index (χ4v) is 2.73. The zero-order valence-electron chi connectivity index (χ0n) is 12.3. The van der Waals surface area contributed by atoms with Crippen LogP contribution in [0.5, 0.6) is 0 Å². The first-order valence-corrected chi connectivity index (χ1v) is 7.30. The van der Waals surface area contributed by atoms with Gasteiger partial charge in [-0.15, -0.1) is 0 Å². The van der Waals surface area contributed by atoms with Crippen molar-refractivity contribution < 1.29 is 9.53 Å². The number of carbonyl (C=O) groups excluding carboxylic acids is 1. The molecule has 4 heteroatoms. The molecule has 2 aromatic heterocycles. The van der Waals surface area contributed by atoms with Gasteiger partial charge in [-0.3, -0.25) is 0 Å². The summed E-state index contributed by atoms with van der Waals surface area (Å²) < 4.78 is 7.29. The smallest absolute Gasteiger partial charge is 0.356 e. The molecule has 2 heterocycles. The lowest BCUT2D eigenvalue weighted by atomic mass is 10.1. The van der Waals surface area contributed by atoms with Crippen LogP contribution in [0, 0.1) is 0 Å². The lowest BCUT2D eigenvalue weighted by molar-refractivity contribution is 0.0520. The fourth-order valence-electron chi connectivity index (χ4n) is 2.73. The number of aromatic nitrogens is 2. The molecular formula is C17H18N2O2. The van der Waals surface area contributed by atoms with Gasteiger partial charge in [0.05, 0.1) is 18.3 Å². The van der Waals surface area contributed by atoms with Gasteiger partial charge in [0.15, 0.2) is 0 Å². The van der Waals surface area contributed by atoms with Gasteiger partial charge in [-0.1, -0.05) is 25.1 Å². The van der Waals surface area contributed by atoms with Crippen LogP contribution in [-0.2, 0) is 11.3 Å². The van der Waals surface area contributed by atoms with Crippen molar-refractivity contribution in [3.63, 3.8) is 0 Å². The van der Waals surface area contributed by atoms with E-state index in [0.29, 0.717) is 12.3 Å². The van der Waals surface area contributed by atoms with Crippen molar-refractivity contribution in [3.05, 3.63) is 42.2 Å². The predicted octanol–water partition coefficient (Wildman–Crippen LogP) is 3.78. The molecule has 0 aliphatic heterocycles.